The number of hydrogen-bond donors (Lipinski definition) is 0. The zero-order valence-electron chi connectivity index (χ0n) is 14.8. The van der Waals surface area contributed by atoms with Crippen molar-refractivity contribution >= 4 is 16.8 Å². The van der Waals surface area contributed by atoms with Gasteiger partial charge in [0.05, 0.1) is 18.7 Å². The summed E-state index contributed by atoms with van der Waals surface area (Å²) in [7, 11) is 0. The van der Waals surface area contributed by atoms with Crippen LogP contribution in [-0.2, 0) is 4.74 Å². The van der Waals surface area contributed by atoms with Gasteiger partial charge in [-0.3, -0.25) is 9.78 Å². The van der Waals surface area contributed by atoms with Crippen LogP contribution in [0, 0.1) is 0 Å². The van der Waals surface area contributed by atoms with Crippen molar-refractivity contribution in [3.8, 4) is 0 Å². The molecule has 1 aromatic carbocycles. The van der Waals surface area contributed by atoms with Crippen LogP contribution in [0.1, 0.15) is 48.0 Å². The molecule has 4 rings (SSSR count). The Kier molecular flexibility index (Phi) is 4.38. The Morgan fingerprint density at radius 2 is 2.15 bits per heavy atom. The minimum absolute atomic E-state index is 0.0346. The maximum absolute atomic E-state index is 12.9. The minimum atomic E-state index is -0.394. The van der Waals surface area contributed by atoms with E-state index in [1.54, 1.807) is 11.1 Å². The fourth-order valence-electron chi connectivity index (χ4n) is 2.98. The second-order valence-electron chi connectivity index (χ2n) is 6.65. The second-order valence-corrected chi connectivity index (χ2v) is 6.65. The van der Waals surface area contributed by atoms with E-state index in [2.05, 4.69) is 15.2 Å². The van der Waals surface area contributed by atoms with Crippen molar-refractivity contribution in [3.05, 3.63) is 53.9 Å². The lowest BCUT2D eigenvalue weighted by atomic mass is 10.1. The molecule has 0 radical (unpaired) electrons. The Labute approximate surface area is 151 Å². The molecule has 1 atom stereocenters. The molecule has 3 aromatic rings. The lowest BCUT2D eigenvalue weighted by molar-refractivity contribution is -0.0351. The molecule has 0 spiro atoms. The summed E-state index contributed by atoms with van der Waals surface area (Å²) in [6.07, 6.45) is 1.35. The van der Waals surface area contributed by atoms with E-state index in [0.717, 1.165) is 10.9 Å². The standard InChI is InChI=1S/C19H20N4O3/c1-12(2)17-21-22-18(26-17)16-11-23(8-9-25-16)19(24)14-5-6-15-13(10-14)4-3-7-20-15/h3-7,10,12,16H,8-9,11H2,1-2H3/t16-/m1/s1. The first-order chi connectivity index (χ1) is 12.6. The summed E-state index contributed by atoms with van der Waals surface area (Å²) >= 11 is 0. The van der Waals surface area contributed by atoms with E-state index in [0.29, 0.717) is 37.0 Å². The summed E-state index contributed by atoms with van der Waals surface area (Å²) < 4.78 is 11.4. The molecule has 7 nitrogen and oxygen atoms in total. The molecule has 2 aromatic heterocycles. The normalized spacial score (nSPS) is 17.8. The summed E-state index contributed by atoms with van der Waals surface area (Å²) in [6.45, 7) is 5.34. The molecule has 3 heterocycles. The Hall–Kier alpha value is -2.80. The Morgan fingerprint density at radius 3 is 2.96 bits per heavy atom. The van der Waals surface area contributed by atoms with E-state index < -0.39 is 6.10 Å². The third-order valence-electron chi connectivity index (χ3n) is 4.43. The van der Waals surface area contributed by atoms with Gasteiger partial charge in [0.1, 0.15) is 0 Å². The molecule has 0 N–H and O–H groups in total. The summed E-state index contributed by atoms with van der Waals surface area (Å²) in [4.78, 5) is 19.0. The van der Waals surface area contributed by atoms with Gasteiger partial charge in [-0.25, -0.2) is 0 Å². The summed E-state index contributed by atoms with van der Waals surface area (Å²) in [5, 5.41) is 9.07. The van der Waals surface area contributed by atoms with E-state index in [4.69, 9.17) is 9.15 Å². The molecule has 26 heavy (non-hydrogen) atoms. The second kappa shape index (κ2) is 6.84. The number of carbonyl (C=O) groups is 1. The van der Waals surface area contributed by atoms with Crippen LogP contribution in [0.25, 0.3) is 10.9 Å². The topological polar surface area (TPSA) is 81.4 Å². The zero-order valence-corrected chi connectivity index (χ0v) is 14.8. The Bertz CT molecular complexity index is 937. The number of ether oxygens (including phenoxy) is 1. The molecule has 1 saturated heterocycles. The first-order valence-corrected chi connectivity index (χ1v) is 8.71. The molecule has 1 amide bonds. The first kappa shape index (κ1) is 16.7. The van der Waals surface area contributed by atoms with Gasteiger partial charge in [-0.1, -0.05) is 19.9 Å². The minimum Gasteiger partial charge on any atom is -0.422 e. The van der Waals surface area contributed by atoms with E-state index >= 15 is 0 Å². The predicted octanol–water partition coefficient (Wildman–Crippen LogP) is 2.95. The highest BCUT2D eigenvalue weighted by atomic mass is 16.5. The fraction of sp³-hybridized carbons (Fsp3) is 0.368. The quantitative estimate of drug-likeness (QED) is 0.721. The van der Waals surface area contributed by atoms with Crippen LogP contribution in [0.5, 0.6) is 0 Å². The van der Waals surface area contributed by atoms with Crippen LogP contribution in [0.3, 0.4) is 0 Å². The molecule has 0 saturated carbocycles. The number of nitrogens with zero attached hydrogens (tertiary/aromatic N) is 4. The van der Waals surface area contributed by atoms with Crippen molar-refractivity contribution in [2.75, 3.05) is 19.7 Å². The highest BCUT2D eigenvalue weighted by Crippen LogP contribution is 2.25. The van der Waals surface area contributed by atoms with Gasteiger partial charge in [0.2, 0.25) is 11.8 Å². The largest absolute Gasteiger partial charge is 0.422 e. The number of rotatable bonds is 3. The molecule has 134 valence electrons. The van der Waals surface area contributed by atoms with E-state index in [-0.39, 0.29) is 11.8 Å². The first-order valence-electron chi connectivity index (χ1n) is 8.71. The number of fused-ring (bicyclic) bond motifs is 1. The number of pyridine rings is 1. The molecule has 7 heteroatoms. The van der Waals surface area contributed by atoms with Crippen molar-refractivity contribution in [1.82, 2.24) is 20.1 Å². The number of morpholine rings is 1. The number of aromatic nitrogens is 3. The van der Waals surface area contributed by atoms with Gasteiger partial charge in [-0.15, -0.1) is 10.2 Å². The van der Waals surface area contributed by atoms with Crippen LogP contribution in [0.2, 0.25) is 0 Å². The lowest BCUT2D eigenvalue weighted by Crippen LogP contribution is -2.42. The van der Waals surface area contributed by atoms with Gasteiger partial charge >= 0.3 is 0 Å². The summed E-state index contributed by atoms with van der Waals surface area (Å²) in [5.74, 6) is 1.12. The highest BCUT2D eigenvalue weighted by molar-refractivity contribution is 5.98. The average molecular weight is 352 g/mol. The van der Waals surface area contributed by atoms with Gasteiger partial charge in [0.15, 0.2) is 6.10 Å². The molecule has 1 aliphatic rings. The summed E-state index contributed by atoms with van der Waals surface area (Å²) in [5.41, 5.74) is 1.51. The molecule has 1 aliphatic heterocycles. The maximum atomic E-state index is 12.9. The van der Waals surface area contributed by atoms with Crippen LogP contribution in [0.4, 0.5) is 0 Å². The third-order valence-corrected chi connectivity index (χ3v) is 4.43. The van der Waals surface area contributed by atoms with Crippen LogP contribution >= 0.6 is 0 Å². The fourth-order valence-corrected chi connectivity index (χ4v) is 2.98. The predicted molar refractivity (Wildman–Crippen MR) is 94.7 cm³/mol. The number of carbonyl (C=O) groups excluding carboxylic acids is 1. The molecule has 0 unspecified atom stereocenters. The zero-order chi connectivity index (χ0) is 18.1. The van der Waals surface area contributed by atoms with Crippen molar-refractivity contribution in [1.29, 1.82) is 0 Å². The molecule has 0 aliphatic carbocycles. The van der Waals surface area contributed by atoms with Crippen molar-refractivity contribution in [2.45, 2.75) is 25.9 Å². The highest BCUT2D eigenvalue weighted by Gasteiger charge is 2.30. The van der Waals surface area contributed by atoms with Gasteiger partial charge in [0.25, 0.3) is 5.91 Å². The van der Waals surface area contributed by atoms with E-state index in [1.807, 2.05) is 44.2 Å². The number of hydrogen-bond acceptors (Lipinski definition) is 6. The average Bonchev–Trinajstić information content (AvgIpc) is 3.18. The maximum Gasteiger partial charge on any atom is 0.254 e. The Balaban J connectivity index is 1.53. The summed E-state index contributed by atoms with van der Waals surface area (Å²) in [6, 6.07) is 9.37. The Morgan fingerprint density at radius 1 is 1.27 bits per heavy atom. The van der Waals surface area contributed by atoms with Crippen LogP contribution in [0.15, 0.2) is 40.9 Å². The number of benzene rings is 1. The number of amides is 1. The van der Waals surface area contributed by atoms with E-state index in [1.165, 1.54) is 0 Å². The third kappa shape index (κ3) is 3.17. The van der Waals surface area contributed by atoms with Gasteiger partial charge < -0.3 is 14.1 Å². The van der Waals surface area contributed by atoms with Crippen LogP contribution < -0.4 is 0 Å². The SMILES string of the molecule is CC(C)c1nnc([C@H]2CN(C(=O)c3ccc4ncccc4c3)CCO2)o1. The smallest absolute Gasteiger partial charge is 0.254 e. The van der Waals surface area contributed by atoms with Gasteiger partial charge in [-0.2, -0.15) is 0 Å². The monoisotopic (exact) mass is 352 g/mol. The van der Waals surface area contributed by atoms with Crippen molar-refractivity contribution in [2.24, 2.45) is 0 Å². The lowest BCUT2D eigenvalue weighted by Gasteiger charge is -2.31. The van der Waals surface area contributed by atoms with Gasteiger partial charge in [-0.05, 0) is 24.3 Å². The van der Waals surface area contributed by atoms with Crippen molar-refractivity contribution < 1.29 is 13.9 Å². The molecule has 1 fully saturated rings. The molecule has 0 bridgehead atoms. The van der Waals surface area contributed by atoms with Crippen molar-refractivity contribution in [3.63, 3.8) is 0 Å². The van der Waals surface area contributed by atoms with Gasteiger partial charge in [0, 0.05) is 29.6 Å². The molecular formula is C19H20N4O3. The van der Waals surface area contributed by atoms with E-state index in [9.17, 15) is 4.79 Å². The van der Waals surface area contributed by atoms with Crippen LogP contribution in [-0.4, -0.2) is 45.7 Å². The molecular weight excluding hydrogens is 332 g/mol.